The topological polar surface area (TPSA) is 462 Å². The molecule has 0 spiro atoms. The summed E-state index contributed by atoms with van der Waals surface area (Å²) in [7, 11) is 0. The number of oxazole rings is 1. The number of nitrogens with one attached hydrogen (secondary N) is 6. The van der Waals surface area contributed by atoms with Gasteiger partial charge in [-0.3, -0.25) is 35.0 Å². The van der Waals surface area contributed by atoms with E-state index in [1.165, 1.54) is 98.7 Å². The van der Waals surface area contributed by atoms with Crippen LogP contribution in [-0.2, 0) is 0 Å². The van der Waals surface area contributed by atoms with Crippen LogP contribution in [0.2, 0.25) is 0 Å². The normalized spacial score (nSPS) is 9.09. The first-order chi connectivity index (χ1) is 69.8. The Bertz CT molecular complexity index is 5440. The van der Waals surface area contributed by atoms with Crippen LogP contribution < -0.4 is 9.47 Å². The van der Waals surface area contributed by atoms with Gasteiger partial charge in [0.05, 0.1) is 83.7 Å². The standard InChI is InChI=1S/C8H6N2.C8H7N.C8H6S.C7H6N2.C7H6O2.C6H4S2.C5H5N.3C4H4N2.C4H5N.C4H4O.C4H4S.2C3H3N3.2C3H4N2.2C3H3NO.2C3H3NS.C2H3N3/c1-2-4-8-7(3-1)9-5-6-10-8;2*1-2-4-8-7(3-1)5-6-9-8;2*1-2-4-7-6(3-1)8-5-9-7;1-3-7-6-2-4-8-5(1)6;1-2-4-6-5-3-1;1-2-6-4-3-5-1;1-2-5-4-6-3-1;1-2-4-6-5-3-1;3*1-2-4-5-3-1;1-4-2-6-3-5-1;1-2-5-6-3-4-1;1-2-5-3-4-1;1-2-4-5-3-1;1-2-5-3-4-1;1-2-4-5-3-1;1-2-5-3-4-1;2*1-2-4-5-3-1/h1-6H;1-6,9H;1-6H;1-5H,(H,8,9);1-4H,5H2;1-4H;1-5H;3*1-4H;1-5H;2*1-4H;2*1-3H;2*1-3H,(H,4,5);4*1-3H;1-2H,(H,3,4,5). The van der Waals surface area contributed by atoms with Crippen molar-refractivity contribution in [2.45, 2.75) is 0 Å². The van der Waals surface area contributed by atoms with Crippen LogP contribution in [0.15, 0.2) is 536 Å². The van der Waals surface area contributed by atoms with Gasteiger partial charge in [0.1, 0.15) is 44.2 Å². The number of imidazole rings is 2. The summed E-state index contributed by atoms with van der Waals surface area (Å²) >= 11 is 10.2. The summed E-state index contributed by atoms with van der Waals surface area (Å²) in [5.74, 6) is 1.69. The summed E-state index contributed by atoms with van der Waals surface area (Å²) in [6, 6.07) is 76.7. The number of fused-ring (bicyclic) bond motifs is 6. The number of furan rings is 1. The Morgan fingerprint density at radius 2 is 0.886 bits per heavy atom. The molecule has 35 nitrogen and oxygen atoms in total. The second kappa shape index (κ2) is 81.4. The number of benzene rings is 5. The minimum absolute atomic E-state index is 0.360. The third-order valence-corrected chi connectivity index (χ3v) is 19.0. The van der Waals surface area contributed by atoms with Gasteiger partial charge in [-0.1, -0.05) is 96.2 Å². The Morgan fingerprint density at radius 1 is 0.279 bits per heavy atom. The average Bonchev–Trinajstić information content (AvgIpc) is 1.69. The summed E-state index contributed by atoms with van der Waals surface area (Å²) in [4.78, 5) is 67.9. The number of aromatic amines is 6. The molecule has 0 aliphatic carbocycles. The molecule has 41 heteroatoms. The number of thiazole rings is 1. The Labute approximate surface area is 828 Å². The number of H-pyrrole nitrogens is 6. The quantitative estimate of drug-likeness (QED) is 0.0821. The van der Waals surface area contributed by atoms with E-state index in [2.05, 4.69) is 240 Å². The zero-order valence-electron chi connectivity index (χ0n) is 74.6. The number of rotatable bonds is 0. The average molecular weight is 1980 g/mol. The summed E-state index contributed by atoms with van der Waals surface area (Å²) < 4.78 is 31.5. The van der Waals surface area contributed by atoms with Gasteiger partial charge in [0.2, 0.25) is 6.79 Å². The first-order valence-electron chi connectivity index (χ1n) is 41.1. The highest BCUT2D eigenvalue weighted by Crippen LogP contribution is 2.30. The number of aromatic nitrogens is 30. The van der Waals surface area contributed by atoms with Gasteiger partial charge in [0.15, 0.2) is 17.9 Å². The van der Waals surface area contributed by atoms with Crippen LogP contribution >= 0.6 is 68.2 Å². The fourth-order valence-electron chi connectivity index (χ4n) is 8.75. The van der Waals surface area contributed by atoms with Gasteiger partial charge in [-0.15, -0.1) is 50.4 Å². The lowest BCUT2D eigenvalue weighted by atomic mass is 10.3. The molecule has 23 heterocycles. The minimum Gasteiger partial charge on any atom is -0.473 e. The van der Waals surface area contributed by atoms with E-state index in [1.54, 1.807) is 242 Å². The monoisotopic (exact) mass is 1970 g/mol. The number of pyridine rings is 1. The second-order valence-electron chi connectivity index (χ2n) is 24.1. The van der Waals surface area contributed by atoms with E-state index >= 15 is 0 Å². The van der Waals surface area contributed by atoms with Crippen molar-refractivity contribution in [3.8, 4) is 11.5 Å². The van der Waals surface area contributed by atoms with Crippen molar-refractivity contribution < 1.29 is 22.8 Å². The van der Waals surface area contributed by atoms with Crippen molar-refractivity contribution in [1.82, 2.24) is 150 Å². The molecular formula is C99H94N30O5S6. The van der Waals surface area contributed by atoms with Crippen molar-refractivity contribution in [3.63, 3.8) is 0 Å². The molecular weight excluding hydrogens is 1880 g/mol. The first-order valence-corrected chi connectivity index (χ1v) is 46.5. The molecule has 0 amide bonds. The maximum absolute atomic E-state index is 5.08. The maximum Gasteiger partial charge on any atom is 0.231 e. The van der Waals surface area contributed by atoms with Gasteiger partial charge in [-0.2, -0.15) is 47.1 Å². The predicted octanol–water partition coefficient (Wildman–Crippen LogP) is 23.2. The molecule has 0 saturated carbocycles. The van der Waals surface area contributed by atoms with E-state index in [0.29, 0.717) is 6.79 Å². The van der Waals surface area contributed by atoms with Gasteiger partial charge in [0.25, 0.3) is 0 Å². The van der Waals surface area contributed by atoms with Crippen molar-refractivity contribution in [1.29, 1.82) is 0 Å². The van der Waals surface area contributed by atoms with Gasteiger partial charge in [-0.05, 0) is 195 Å². The van der Waals surface area contributed by atoms with Crippen molar-refractivity contribution >= 4 is 121 Å². The third kappa shape index (κ3) is 58.5. The van der Waals surface area contributed by atoms with Gasteiger partial charge >= 0.3 is 0 Å². The van der Waals surface area contributed by atoms with Crippen LogP contribution in [0.25, 0.3) is 52.5 Å². The van der Waals surface area contributed by atoms with Gasteiger partial charge < -0.3 is 42.8 Å². The highest BCUT2D eigenvalue weighted by atomic mass is 32.1. The molecule has 6 N–H and O–H groups in total. The number of hydrogen-bond donors (Lipinski definition) is 6. The largest absolute Gasteiger partial charge is 0.473 e. The van der Waals surface area contributed by atoms with E-state index in [4.69, 9.17) is 9.47 Å². The van der Waals surface area contributed by atoms with Gasteiger partial charge in [0, 0.05) is 167 Å². The Hall–Kier alpha value is -18.4. The fourth-order valence-corrected chi connectivity index (χ4v) is 12.5. The maximum atomic E-state index is 5.08. The highest BCUT2D eigenvalue weighted by molar-refractivity contribution is 7.25. The molecule has 0 bridgehead atoms. The molecule has 28 rings (SSSR count). The lowest BCUT2D eigenvalue weighted by molar-refractivity contribution is 0.174. The van der Waals surface area contributed by atoms with Crippen LogP contribution in [0.4, 0.5) is 0 Å². The number of nitrogens with zero attached hydrogens (tertiary/aromatic N) is 24. The van der Waals surface area contributed by atoms with Crippen molar-refractivity contribution in [3.05, 3.63) is 523 Å². The lowest BCUT2D eigenvalue weighted by Gasteiger charge is -1.90. The summed E-state index contributed by atoms with van der Waals surface area (Å²) in [6.07, 6.45) is 63.9. The van der Waals surface area contributed by atoms with Crippen LogP contribution in [-0.4, -0.2) is 157 Å². The van der Waals surface area contributed by atoms with Crippen LogP contribution in [0.1, 0.15) is 0 Å². The summed E-state index contributed by atoms with van der Waals surface area (Å²) in [5, 5.41) is 49.8. The molecule has 27 aromatic rings. The second-order valence-corrected chi connectivity index (χ2v) is 29.2. The lowest BCUT2D eigenvalue weighted by Crippen LogP contribution is -1.92. The SMILES string of the molecule is c1c[nH]cn1.c1cc2sccc2s1.c1cc[nH]c1.c1ccc2[nH]ccc2c1.c1ccc2[nH]cnc2c1.c1ccc2c(c1)OCO2.c1ccc2nccnc2c1.c1ccc2sccc2c1.c1ccncc1.c1ccnnc1.c1ccoc1.c1ccsc1.c1cn[nH]c1.c1cn[nH]n1.c1cnccn1.c1cncnc1.c1cnncn1.c1cnoc1.c1cnsc1.c1cocn1.c1cscn1.c1ncncn1. The zero-order chi connectivity index (χ0) is 97.4. The number of ether oxygens (including phenoxy) is 2. The summed E-state index contributed by atoms with van der Waals surface area (Å²) in [5.41, 5.74) is 7.02. The van der Waals surface area contributed by atoms with E-state index < -0.39 is 0 Å². The van der Waals surface area contributed by atoms with Crippen molar-refractivity contribution in [2.24, 2.45) is 0 Å². The first kappa shape index (κ1) is 109. The predicted molar refractivity (Wildman–Crippen MR) is 553 cm³/mol. The van der Waals surface area contributed by atoms with Crippen molar-refractivity contribution in [2.75, 3.05) is 6.79 Å². The Balaban J connectivity index is 0.000000200. The molecule has 0 atom stereocenters. The molecule has 5 aromatic carbocycles. The van der Waals surface area contributed by atoms with Gasteiger partial charge in [-0.25, -0.2) is 49.2 Å². The zero-order valence-corrected chi connectivity index (χ0v) is 79.5. The molecule has 0 unspecified atom stereocenters. The molecule has 22 aromatic heterocycles. The van der Waals surface area contributed by atoms with E-state index in [1.807, 2.05) is 204 Å². The van der Waals surface area contributed by atoms with E-state index in [9.17, 15) is 0 Å². The van der Waals surface area contributed by atoms with E-state index in [0.717, 1.165) is 33.6 Å². The number of thiophene rings is 4. The molecule has 706 valence electrons. The molecule has 1 aliphatic heterocycles. The smallest absolute Gasteiger partial charge is 0.231 e. The van der Waals surface area contributed by atoms with Crippen LogP contribution in [0.5, 0.6) is 11.5 Å². The highest BCUT2D eigenvalue weighted by Gasteiger charge is 2.09. The fraction of sp³-hybridized carbons (Fsp3) is 0.0101. The van der Waals surface area contributed by atoms with Crippen LogP contribution in [0, 0.1) is 0 Å². The molecule has 1 aliphatic rings. The molecule has 0 saturated heterocycles. The molecule has 0 fully saturated rings. The Morgan fingerprint density at radius 3 is 1.25 bits per heavy atom. The minimum atomic E-state index is 0.360. The number of hydrogen-bond acceptors (Lipinski definition) is 35. The summed E-state index contributed by atoms with van der Waals surface area (Å²) in [6.45, 7) is 0.360. The number of para-hydroxylation sites is 7. The molecule has 140 heavy (non-hydrogen) atoms. The Kier molecular flexibility index (Phi) is 63.1. The molecule has 0 radical (unpaired) electrons. The van der Waals surface area contributed by atoms with E-state index in [-0.39, 0.29) is 0 Å². The van der Waals surface area contributed by atoms with Crippen LogP contribution in [0.3, 0.4) is 0 Å². The third-order valence-electron chi connectivity index (χ3n) is 14.6.